The van der Waals surface area contributed by atoms with E-state index in [1.807, 2.05) is 18.2 Å². The molecule has 0 unspecified atom stereocenters. The molecule has 2 heterocycles. The molecule has 1 saturated heterocycles. The highest BCUT2D eigenvalue weighted by atomic mass is 16.7. The van der Waals surface area contributed by atoms with E-state index in [0.29, 0.717) is 19.5 Å². The van der Waals surface area contributed by atoms with E-state index in [2.05, 4.69) is 0 Å². The lowest BCUT2D eigenvalue weighted by atomic mass is 10.1. The zero-order chi connectivity index (χ0) is 14.1. The zero-order valence-corrected chi connectivity index (χ0v) is 10.9. The maximum absolute atomic E-state index is 11.7. The lowest BCUT2D eigenvalue weighted by Gasteiger charge is -2.15. The summed E-state index contributed by atoms with van der Waals surface area (Å²) in [7, 11) is 0. The molecule has 0 bridgehead atoms. The molecule has 1 aromatic rings. The number of carbonyl (C=O) groups excluding carboxylic acids is 1. The average molecular weight is 277 g/mol. The molecular weight excluding hydrogens is 262 g/mol. The van der Waals surface area contributed by atoms with E-state index in [1.54, 1.807) is 4.90 Å². The molecule has 0 aliphatic carbocycles. The summed E-state index contributed by atoms with van der Waals surface area (Å²) in [5, 5.41) is 8.93. The van der Waals surface area contributed by atoms with E-state index in [4.69, 9.17) is 14.6 Å². The fraction of sp³-hybridized carbons (Fsp3) is 0.429. The van der Waals surface area contributed by atoms with Gasteiger partial charge in [-0.15, -0.1) is 0 Å². The van der Waals surface area contributed by atoms with E-state index in [-0.39, 0.29) is 19.1 Å². The van der Waals surface area contributed by atoms with Crippen molar-refractivity contribution >= 4 is 11.9 Å². The number of hydrogen-bond donors (Lipinski definition) is 1. The molecule has 0 saturated carbocycles. The van der Waals surface area contributed by atoms with Gasteiger partial charge in [-0.2, -0.15) is 0 Å². The number of rotatable bonds is 4. The summed E-state index contributed by atoms with van der Waals surface area (Å²) in [6.07, 6.45) is 0.783. The molecule has 1 amide bonds. The summed E-state index contributed by atoms with van der Waals surface area (Å²) in [6.45, 7) is 1.07. The number of hydrogen-bond acceptors (Lipinski definition) is 4. The normalized spacial score (nSPS) is 20.5. The largest absolute Gasteiger partial charge is 0.481 e. The van der Waals surface area contributed by atoms with Gasteiger partial charge in [-0.05, 0) is 24.1 Å². The highest BCUT2D eigenvalue weighted by Crippen LogP contribution is 2.32. The molecule has 0 aromatic heterocycles. The molecule has 0 spiro atoms. The highest BCUT2D eigenvalue weighted by Gasteiger charge is 2.33. The van der Waals surface area contributed by atoms with Gasteiger partial charge in [0.15, 0.2) is 11.5 Å². The molecule has 20 heavy (non-hydrogen) atoms. The first-order chi connectivity index (χ1) is 9.63. The molecule has 2 aliphatic rings. The Bertz CT molecular complexity index is 556. The summed E-state index contributed by atoms with van der Waals surface area (Å²) in [4.78, 5) is 24.2. The van der Waals surface area contributed by atoms with Crippen LogP contribution in [0.2, 0.25) is 0 Å². The standard InChI is InChI=1S/C14H15NO5/c16-13-6-10(14(17)18)7-15(13)4-3-9-1-2-11-12(5-9)20-8-19-11/h1-2,5,10H,3-4,6-8H2,(H,17,18)/t10-/m0/s1. The van der Waals surface area contributed by atoms with Gasteiger partial charge in [0, 0.05) is 19.5 Å². The van der Waals surface area contributed by atoms with Crippen molar-refractivity contribution < 1.29 is 24.2 Å². The third-order valence-corrected chi connectivity index (χ3v) is 3.67. The van der Waals surface area contributed by atoms with Crippen LogP contribution in [-0.4, -0.2) is 41.8 Å². The van der Waals surface area contributed by atoms with Gasteiger partial charge in [0.05, 0.1) is 5.92 Å². The Morgan fingerprint density at radius 1 is 1.35 bits per heavy atom. The monoisotopic (exact) mass is 277 g/mol. The van der Waals surface area contributed by atoms with Crippen LogP contribution in [0.4, 0.5) is 0 Å². The Balaban J connectivity index is 1.60. The number of carbonyl (C=O) groups is 2. The zero-order valence-electron chi connectivity index (χ0n) is 10.9. The summed E-state index contributed by atoms with van der Waals surface area (Å²) in [6, 6.07) is 5.68. The second-order valence-corrected chi connectivity index (χ2v) is 5.02. The minimum atomic E-state index is -0.899. The second kappa shape index (κ2) is 5.03. The number of carboxylic acids is 1. The van der Waals surface area contributed by atoms with Crippen LogP contribution >= 0.6 is 0 Å². The Kier molecular flexibility index (Phi) is 3.22. The van der Waals surface area contributed by atoms with Crippen molar-refractivity contribution in [2.75, 3.05) is 19.9 Å². The third kappa shape index (κ3) is 2.41. The van der Waals surface area contributed by atoms with Crippen LogP contribution < -0.4 is 9.47 Å². The lowest BCUT2D eigenvalue weighted by molar-refractivity contribution is -0.141. The van der Waals surface area contributed by atoms with Crippen LogP contribution in [0.1, 0.15) is 12.0 Å². The van der Waals surface area contributed by atoms with E-state index >= 15 is 0 Å². The van der Waals surface area contributed by atoms with Gasteiger partial charge >= 0.3 is 5.97 Å². The van der Waals surface area contributed by atoms with Crippen molar-refractivity contribution in [3.63, 3.8) is 0 Å². The summed E-state index contributed by atoms with van der Waals surface area (Å²) >= 11 is 0. The molecule has 6 heteroatoms. The van der Waals surface area contributed by atoms with Crippen LogP contribution in [0.15, 0.2) is 18.2 Å². The number of likely N-dealkylation sites (tertiary alicyclic amines) is 1. The molecule has 1 N–H and O–H groups in total. The van der Waals surface area contributed by atoms with Crippen LogP contribution in [0.3, 0.4) is 0 Å². The summed E-state index contributed by atoms with van der Waals surface area (Å²) in [5.74, 6) is -0.100. The molecule has 2 aliphatic heterocycles. The number of carboxylic acid groups (broad SMARTS) is 1. The van der Waals surface area contributed by atoms with Gasteiger partial charge < -0.3 is 19.5 Å². The summed E-state index contributed by atoms with van der Waals surface area (Å²) in [5.41, 5.74) is 1.04. The Labute approximate surface area is 115 Å². The quantitative estimate of drug-likeness (QED) is 0.884. The average Bonchev–Trinajstić information content (AvgIpc) is 3.02. The first kappa shape index (κ1) is 12.8. The number of ether oxygens (including phenoxy) is 2. The fourth-order valence-corrected chi connectivity index (χ4v) is 2.51. The second-order valence-electron chi connectivity index (χ2n) is 5.02. The first-order valence-electron chi connectivity index (χ1n) is 6.52. The molecule has 106 valence electrons. The topological polar surface area (TPSA) is 76.1 Å². The number of aliphatic carboxylic acids is 1. The Morgan fingerprint density at radius 3 is 2.90 bits per heavy atom. The van der Waals surface area contributed by atoms with Gasteiger partial charge in [0.2, 0.25) is 12.7 Å². The fourth-order valence-electron chi connectivity index (χ4n) is 2.51. The van der Waals surface area contributed by atoms with E-state index in [0.717, 1.165) is 17.1 Å². The van der Waals surface area contributed by atoms with E-state index in [9.17, 15) is 9.59 Å². The predicted molar refractivity (Wildman–Crippen MR) is 68.6 cm³/mol. The minimum absolute atomic E-state index is 0.0851. The first-order valence-corrected chi connectivity index (χ1v) is 6.52. The Morgan fingerprint density at radius 2 is 2.15 bits per heavy atom. The van der Waals surface area contributed by atoms with Crippen LogP contribution in [-0.2, 0) is 16.0 Å². The van der Waals surface area contributed by atoms with Crippen LogP contribution in [0.5, 0.6) is 11.5 Å². The van der Waals surface area contributed by atoms with Crippen molar-refractivity contribution in [1.82, 2.24) is 4.90 Å². The molecule has 6 nitrogen and oxygen atoms in total. The minimum Gasteiger partial charge on any atom is -0.481 e. The highest BCUT2D eigenvalue weighted by molar-refractivity contribution is 5.86. The van der Waals surface area contributed by atoms with Crippen molar-refractivity contribution in [2.24, 2.45) is 5.92 Å². The van der Waals surface area contributed by atoms with E-state index in [1.165, 1.54) is 0 Å². The maximum Gasteiger partial charge on any atom is 0.308 e. The Hall–Kier alpha value is -2.24. The molecular formula is C14H15NO5. The van der Waals surface area contributed by atoms with Gasteiger partial charge in [0.25, 0.3) is 0 Å². The predicted octanol–water partition coefficient (Wildman–Crippen LogP) is 0.891. The SMILES string of the molecule is O=C(O)[C@H]1CC(=O)N(CCc2ccc3c(c2)OCO3)C1. The van der Waals surface area contributed by atoms with Crippen molar-refractivity contribution in [2.45, 2.75) is 12.8 Å². The number of benzene rings is 1. The molecule has 3 rings (SSSR count). The number of nitrogens with zero attached hydrogens (tertiary/aromatic N) is 1. The third-order valence-electron chi connectivity index (χ3n) is 3.67. The number of fused-ring (bicyclic) bond motifs is 1. The molecule has 0 radical (unpaired) electrons. The van der Waals surface area contributed by atoms with Crippen molar-refractivity contribution in [3.8, 4) is 11.5 Å². The lowest BCUT2D eigenvalue weighted by Crippen LogP contribution is -2.28. The van der Waals surface area contributed by atoms with Gasteiger partial charge in [-0.3, -0.25) is 9.59 Å². The molecule has 1 atom stereocenters. The van der Waals surface area contributed by atoms with Crippen LogP contribution in [0, 0.1) is 5.92 Å². The van der Waals surface area contributed by atoms with Gasteiger partial charge in [-0.25, -0.2) is 0 Å². The van der Waals surface area contributed by atoms with E-state index < -0.39 is 11.9 Å². The smallest absolute Gasteiger partial charge is 0.308 e. The molecule has 1 fully saturated rings. The van der Waals surface area contributed by atoms with Crippen molar-refractivity contribution in [1.29, 1.82) is 0 Å². The summed E-state index contributed by atoms with van der Waals surface area (Å²) < 4.78 is 10.5. The number of amides is 1. The van der Waals surface area contributed by atoms with Crippen molar-refractivity contribution in [3.05, 3.63) is 23.8 Å². The van der Waals surface area contributed by atoms with Gasteiger partial charge in [-0.1, -0.05) is 6.07 Å². The van der Waals surface area contributed by atoms with Gasteiger partial charge in [0.1, 0.15) is 0 Å². The molecule has 1 aromatic carbocycles. The van der Waals surface area contributed by atoms with Crippen LogP contribution in [0.25, 0.3) is 0 Å². The maximum atomic E-state index is 11.7.